The number of hydrogen-bond acceptors (Lipinski definition) is 4. The Kier molecular flexibility index (Phi) is 6.20. The van der Waals surface area contributed by atoms with Gasteiger partial charge in [0.15, 0.2) is 0 Å². The molecule has 0 atom stereocenters. The highest BCUT2D eigenvalue weighted by Crippen LogP contribution is 2.18. The summed E-state index contributed by atoms with van der Waals surface area (Å²) in [6, 6.07) is 10.2. The zero-order valence-corrected chi connectivity index (χ0v) is 17.6. The minimum atomic E-state index is -0.693. The lowest BCUT2D eigenvalue weighted by Crippen LogP contribution is -2.42. The number of hydrogen-bond donors (Lipinski definition) is 1. The van der Waals surface area contributed by atoms with Gasteiger partial charge in [0.25, 0.3) is 5.56 Å². The molecule has 162 valence electrons. The number of aromatic nitrogens is 2. The number of benzene rings is 2. The maximum atomic E-state index is 13.6. The lowest BCUT2D eigenvalue weighted by Gasteiger charge is -2.16. The van der Waals surface area contributed by atoms with Crippen molar-refractivity contribution in [2.24, 2.45) is 0 Å². The van der Waals surface area contributed by atoms with Crippen molar-refractivity contribution in [2.45, 2.75) is 19.4 Å². The first-order valence-electron chi connectivity index (χ1n) is 10.1. The van der Waals surface area contributed by atoms with E-state index in [1.165, 1.54) is 29.5 Å². The second-order valence-corrected chi connectivity index (χ2v) is 7.93. The van der Waals surface area contributed by atoms with Crippen LogP contribution in [-0.2, 0) is 11.3 Å². The summed E-state index contributed by atoms with van der Waals surface area (Å²) in [5, 5.41) is 2.91. The third-order valence-corrected chi connectivity index (χ3v) is 5.75. The molecule has 31 heavy (non-hydrogen) atoms. The van der Waals surface area contributed by atoms with Gasteiger partial charge < -0.3 is 10.2 Å². The summed E-state index contributed by atoms with van der Waals surface area (Å²) in [6.07, 6.45) is 2.34. The van der Waals surface area contributed by atoms with Gasteiger partial charge in [-0.2, -0.15) is 0 Å². The van der Waals surface area contributed by atoms with E-state index >= 15 is 0 Å². The smallest absolute Gasteiger partial charge is 0.336 e. The first-order valence-corrected chi connectivity index (χ1v) is 10.5. The molecule has 1 aromatic heterocycles. The predicted molar refractivity (Wildman–Crippen MR) is 117 cm³/mol. The van der Waals surface area contributed by atoms with E-state index in [2.05, 4.69) is 10.2 Å². The molecule has 0 unspecified atom stereocenters. The first-order chi connectivity index (χ1) is 15.0. The van der Waals surface area contributed by atoms with E-state index in [1.807, 2.05) is 0 Å². The van der Waals surface area contributed by atoms with E-state index in [1.54, 1.807) is 24.3 Å². The van der Waals surface area contributed by atoms with E-state index in [0.717, 1.165) is 30.3 Å². The summed E-state index contributed by atoms with van der Waals surface area (Å²) in [5.74, 6) is -0.981. The molecule has 0 aliphatic carbocycles. The van der Waals surface area contributed by atoms with Crippen LogP contribution in [0.4, 0.5) is 4.39 Å². The van der Waals surface area contributed by atoms with Crippen LogP contribution in [0.5, 0.6) is 0 Å². The summed E-state index contributed by atoms with van der Waals surface area (Å²) in [7, 11) is 0. The molecule has 1 N–H and O–H groups in total. The molecule has 0 saturated carbocycles. The molecule has 4 rings (SSSR count). The van der Waals surface area contributed by atoms with Crippen LogP contribution < -0.4 is 16.6 Å². The average Bonchev–Trinajstić information content (AvgIpc) is 3.27. The van der Waals surface area contributed by atoms with Crippen molar-refractivity contribution < 1.29 is 9.18 Å². The van der Waals surface area contributed by atoms with Gasteiger partial charge in [0.1, 0.15) is 12.4 Å². The molecule has 1 aliphatic rings. The maximum absolute atomic E-state index is 13.6. The van der Waals surface area contributed by atoms with E-state index in [-0.39, 0.29) is 28.5 Å². The number of carbonyl (C=O) groups is 1. The van der Waals surface area contributed by atoms with Crippen molar-refractivity contribution in [1.82, 2.24) is 19.4 Å². The second-order valence-electron chi connectivity index (χ2n) is 7.52. The highest BCUT2D eigenvalue weighted by Gasteiger charge is 2.17. The molecule has 0 radical (unpaired) electrons. The minimum Gasteiger partial charge on any atom is -0.353 e. The predicted octanol–water partition coefficient (Wildman–Crippen LogP) is 2.16. The number of nitrogens with zero attached hydrogens (tertiary/aromatic N) is 3. The minimum absolute atomic E-state index is 0.135. The molecule has 1 saturated heterocycles. The van der Waals surface area contributed by atoms with Crippen molar-refractivity contribution in [3.63, 3.8) is 0 Å². The summed E-state index contributed by atoms with van der Waals surface area (Å²) >= 11 is 5.85. The summed E-state index contributed by atoms with van der Waals surface area (Å²) < 4.78 is 15.7. The SMILES string of the molecule is O=C(Cn1c(=O)n(-c2ccc(F)c(Cl)c2)c(=O)c2ccccc21)NCCN1CCCC1. The van der Waals surface area contributed by atoms with Crippen LogP contribution in [0, 0.1) is 5.82 Å². The molecule has 7 nitrogen and oxygen atoms in total. The fraction of sp³-hybridized carbons (Fsp3) is 0.318. The van der Waals surface area contributed by atoms with Crippen LogP contribution in [0.25, 0.3) is 16.6 Å². The number of amides is 1. The quantitative estimate of drug-likeness (QED) is 0.632. The topological polar surface area (TPSA) is 76.3 Å². The van der Waals surface area contributed by atoms with Gasteiger partial charge in [-0.25, -0.2) is 13.8 Å². The van der Waals surface area contributed by atoms with Gasteiger partial charge in [0, 0.05) is 13.1 Å². The molecular formula is C22H22ClFN4O3. The first kappa shape index (κ1) is 21.3. The molecular weight excluding hydrogens is 423 g/mol. The molecule has 1 amide bonds. The normalized spacial score (nSPS) is 14.3. The fourth-order valence-electron chi connectivity index (χ4n) is 3.88. The third-order valence-electron chi connectivity index (χ3n) is 5.46. The van der Waals surface area contributed by atoms with Gasteiger partial charge >= 0.3 is 5.69 Å². The number of nitrogens with one attached hydrogen (secondary N) is 1. The Morgan fingerprint density at radius 1 is 1.10 bits per heavy atom. The fourth-order valence-corrected chi connectivity index (χ4v) is 4.06. The monoisotopic (exact) mass is 444 g/mol. The van der Waals surface area contributed by atoms with Crippen molar-refractivity contribution in [3.8, 4) is 5.69 Å². The van der Waals surface area contributed by atoms with E-state index in [4.69, 9.17) is 11.6 Å². The summed E-state index contributed by atoms with van der Waals surface area (Å²) in [5.41, 5.74) is -0.762. The second kappa shape index (κ2) is 9.03. The van der Waals surface area contributed by atoms with Gasteiger partial charge in [0.2, 0.25) is 5.91 Å². The number of fused-ring (bicyclic) bond motifs is 1. The molecule has 9 heteroatoms. The molecule has 0 bridgehead atoms. The molecule has 2 aromatic carbocycles. The van der Waals surface area contributed by atoms with Crippen LogP contribution in [0.3, 0.4) is 0 Å². The van der Waals surface area contributed by atoms with E-state index in [0.29, 0.717) is 12.1 Å². The largest absolute Gasteiger partial charge is 0.353 e. The summed E-state index contributed by atoms with van der Waals surface area (Å²) in [4.78, 5) is 41.1. The Balaban J connectivity index is 1.69. The van der Waals surface area contributed by atoms with Crippen LogP contribution in [0.15, 0.2) is 52.1 Å². The number of likely N-dealkylation sites (tertiary alicyclic amines) is 1. The molecule has 1 fully saturated rings. The number of para-hydroxylation sites is 1. The van der Waals surface area contributed by atoms with Gasteiger partial charge in [-0.1, -0.05) is 23.7 Å². The van der Waals surface area contributed by atoms with Crippen molar-refractivity contribution in [3.05, 3.63) is 74.1 Å². The highest BCUT2D eigenvalue weighted by molar-refractivity contribution is 6.30. The van der Waals surface area contributed by atoms with Gasteiger partial charge in [-0.3, -0.25) is 14.2 Å². The summed E-state index contributed by atoms with van der Waals surface area (Å²) in [6.45, 7) is 3.07. The molecule has 1 aliphatic heterocycles. The lowest BCUT2D eigenvalue weighted by atomic mass is 10.2. The Morgan fingerprint density at radius 2 is 1.84 bits per heavy atom. The Morgan fingerprint density at radius 3 is 2.58 bits per heavy atom. The maximum Gasteiger partial charge on any atom is 0.336 e. The Labute approximate surface area is 182 Å². The van der Waals surface area contributed by atoms with Crippen LogP contribution >= 0.6 is 11.6 Å². The van der Waals surface area contributed by atoms with Crippen molar-refractivity contribution in [2.75, 3.05) is 26.2 Å². The van der Waals surface area contributed by atoms with Crippen molar-refractivity contribution >= 4 is 28.4 Å². The van der Waals surface area contributed by atoms with Crippen LogP contribution in [0.2, 0.25) is 5.02 Å². The van der Waals surface area contributed by atoms with Gasteiger partial charge in [0.05, 0.1) is 21.6 Å². The lowest BCUT2D eigenvalue weighted by molar-refractivity contribution is -0.121. The zero-order chi connectivity index (χ0) is 22.0. The van der Waals surface area contributed by atoms with E-state index < -0.39 is 17.1 Å². The Bertz CT molecular complexity index is 1250. The standard InChI is InChI=1S/C22H22ClFN4O3/c23-17-13-15(7-8-18(17)24)28-21(30)16-5-1-2-6-19(16)27(22(28)31)14-20(29)25-9-12-26-10-3-4-11-26/h1-2,5-8,13H,3-4,9-12,14H2,(H,25,29). The third kappa shape index (κ3) is 4.40. The molecule has 0 spiro atoms. The Hall–Kier alpha value is -2.97. The number of halogens is 2. The van der Waals surface area contributed by atoms with Crippen LogP contribution in [0.1, 0.15) is 12.8 Å². The average molecular weight is 445 g/mol. The van der Waals surface area contributed by atoms with Crippen molar-refractivity contribution in [1.29, 1.82) is 0 Å². The number of rotatable bonds is 6. The van der Waals surface area contributed by atoms with Gasteiger partial charge in [-0.15, -0.1) is 0 Å². The molecule has 3 aromatic rings. The van der Waals surface area contributed by atoms with Crippen LogP contribution in [-0.4, -0.2) is 46.1 Å². The zero-order valence-electron chi connectivity index (χ0n) is 16.8. The highest BCUT2D eigenvalue weighted by atomic mass is 35.5. The van der Waals surface area contributed by atoms with E-state index in [9.17, 15) is 18.8 Å². The van der Waals surface area contributed by atoms with Gasteiger partial charge in [-0.05, 0) is 56.3 Å². The number of carbonyl (C=O) groups excluding carboxylic acids is 1. The molecule has 2 heterocycles.